The fraction of sp³-hybridized carbons (Fsp3) is 0.0417. The molecule has 2 nitrogen and oxygen atoms in total. The molecular weight excluding hydrogens is 350 g/mol. The molecule has 0 spiro atoms. The number of hydrogen-bond donors (Lipinski definition) is 1. The molecule has 0 unspecified atom stereocenters. The van der Waals surface area contributed by atoms with Crippen LogP contribution in [0.5, 0.6) is 0 Å². The lowest BCUT2D eigenvalue weighted by Gasteiger charge is -2.16. The van der Waals surface area contributed by atoms with Crippen LogP contribution in [0.3, 0.4) is 0 Å². The van der Waals surface area contributed by atoms with E-state index in [4.69, 9.17) is 0 Å². The van der Waals surface area contributed by atoms with Crippen LogP contribution >= 0.6 is 11.3 Å². The first-order chi connectivity index (χ1) is 13.3. The van der Waals surface area contributed by atoms with Crippen LogP contribution in [0.2, 0.25) is 0 Å². The summed E-state index contributed by atoms with van der Waals surface area (Å²) in [6, 6.07) is 25.2. The molecule has 0 radical (unpaired) electrons. The maximum Gasteiger partial charge on any atom is 0.211 e. The Kier molecular flexibility index (Phi) is 3.69. The van der Waals surface area contributed by atoms with Crippen LogP contribution in [0.1, 0.15) is 5.56 Å². The Morgan fingerprint density at radius 3 is 2.30 bits per heavy atom. The molecule has 5 aromatic rings. The zero-order chi connectivity index (χ0) is 18.4. The van der Waals surface area contributed by atoms with Crippen LogP contribution < -0.4 is 5.32 Å². The van der Waals surface area contributed by atoms with E-state index in [1.165, 1.54) is 42.1 Å². The SMILES string of the molecule is Cc1c(-c2ccccc2NC=O)c2ccccc2c2c1sc1ccccc12. The highest BCUT2D eigenvalue weighted by Gasteiger charge is 2.18. The number of thiophene rings is 1. The molecule has 130 valence electrons. The third-order valence-corrected chi connectivity index (χ3v) is 6.48. The summed E-state index contributed by atoms with van der Waals surface area (Å²) in [6.07, 6.45) is 0.744. The van der Waals surface area contributed by atoms with E-state index in [0.29, 0.717) is 0 Å². The Bertz CT molecular complexity index is 1330. The molecule has 1 amide bonds. The van der Waals surface area contributed by atoms with Crippen molar-refractivity contribution in [3.63, 3.8) is 0 Å². The molecule has 1 N–H and O–H groups in total. The first-order valence-corrected chi connectivity index (χ1v) is 9.73. The number of fused-ring (bicyclic) bond motifs is 5. The number of hydrogen-bond acceptors (Lipinski definition) is 2. The Morgan fingerprint density at radius 1 is 0.815 bits per heavy atom. The van der Waals surface area contributed by atoms with E-state index < -0.39 is 0 Å². The van der Waals surface area contributed by atoms with Gasteiger partial charge in [0.05, 0.1) is 0 Å². The number of rotatable bonds is 3. The number of carbonyl (C=O) groups is 1. The van der Waals surface area contributed by atoms with Crippen molar-refractivity contribution in [3.8, 4) is 11.1 Å². The zero-order valence-electron chi connectivity index (χ0n) is 14.8. The molecule has 5 rings (SSSR count). The molecule has 0 aliphatic carbocycles. The van der Waals surface area contributed by atoms with E-state index >= 15 is 0 Å². The Hall–Kier alpha value is -3.17. The molecule has 3 heteroatoms. The van der Waals surface area contributed by atoms with Gasteiger partial charge in [-0.3, -0.25) is 4.79 Å². The van der Waals surface area contributed by atoms with Crippen molar-refractivity contribution in [3.05, 3.63) is 78.4 Å². The van der Waals surface area contributed by atoms with Crippen LogP contribution in [0.4, 0.5) is 5.69 Å². The quantitative estimate of drug-likeness (QED) is 0.351. The first-order valence-electron chi connectivity index (χ1n) is 8.91. The standard InChI is InChI=1S/C24H17NOS/c1-15-22(18-10-4-6-12-20(18)25-14-26)16-8-2-3-9-17(16)23-19-11-5-7-13-21(19)27-24(15)23/h2-14H,1H3,(H,25,26). The highest BCUT2D eigenvalue weighted by molar-refractivity contribution is 7.26. The van der Waals surface area contributed by atoms with Gasteiger partial charge in [0.1, 0.15) is 0 Å². The Morgan fingerprint density at radius 2 is 1.48 bits per heavy atom. The average molecular weight is 367 g/mol. The summed E-state index contributed by atoms with van der Waals surface area (Å²) >= 11 is 1.84. The minimum absolute atomic E-state index is 0.744. The topological polar surface area (TPSA) is 29.1 Å². The molecule has 0 aliphatic rings. The van der Waals surface area contributed by atoms with E-state index in [1.54, 1.807) is 0 Å². The van der Waals surface area contributed by atoms with Crippen LogP contribution in [0.25, 0.3) is 42.1 Å². The number of para-hydroxylation sites is 1. The average Bonchev–Trinajstić information content (AvgIpc) is 3.10. The van der Waals surface area contributed by atoms with Crippen molar-refractivity contribution < 1.29 is 4.79 Å². The summed E-state index contributed by atoms with van der Waals surface area (Å²) in [5.74, 6) is 0. The molecule has 1 aromatic heterocycles. The van der Waals surface area contributed by atoms with Gasteiger partial charge in [-0.15, -0.1) is 11.3 Å². The summed E-state index contributed by atoms with van der Waals surface area (Å²) in [5.41, 5.74) is 4.33. The van der Waals surface area contributed by atoms with Gasteiger partial charge in [0.15, 0.2) is 0 Å². The van der Waals surface area contributed by atoms with Gasteiger partial charge in [0.2, 0.25) is 6.41 Å². The lowest BCUT2D eigenvalue weighted by molar-refractivity contribution is -0.105. The molecule has 1 heterocycles. The molecule has 0 atom stereocenters. The van der Waals surface area contributed by atoms with Gasteiger partial charge in [-0.25, -0.2) is 0 Å². The molecule has 27 heavy (non-hydrogen) atoms. The molecule has 0 bridgehead atoms. The van der Waals surface area contributed by atoms with Crippen molar-refractivity contribution in [1.29, 1.82) is 0 Å². The predicted octanol–water partition coefficient (Wildman–Crippen LogP) is 6.75. The fourth-order valence-corrected chi connectivity index (χ4v) is 5.27. The summed E-state index contributed by atoms with van der Waals surface area (Å²) in [4.78, 5) is 11.1. The monoisotopic (exact) mass is 367 g/mol. The number of benzene rings is 4. The maximum atomic E-state index is 11.1. The highest BCUT2D eigenvalue weighted by atomic mass is 32.1. The van der Waals surface area contributed by atoms with Crippen LogP contribution in [0, 0.1) is 6.92 Å². The first kappa shape index (κ1) is 16.0. The van der Waals surface area contributed by atoms with E-state index in [9.17, 15) is 4.79 Å². The van der Waals surface area contributed by atoms with Gasteiger partial charge < -0.3 is 5.32 Å². The minimum atomic E-state index is 0.744. The molecule has 0 fully saturated rings. The zero-order valence-corrected chi connectivity index (χ0v) is 15.6. The molecule has 0 saturated heterocycles. The van der Waals surface area contributed by atoms with Gasteiger partial charge in [0, 0.05) is 31.4 Å². The largest absolute Gasteiger partial charge is 0.328 e. The van der Waals surface area contributed by atoms with Crippen LogP contribution in [-0.4, -0.2) is 6.41 Å². The third-order valence-electron chi connectivity index (χ3n) is 5.19. The maximum absolute atomic E-state index is 11.1. The lowest BCUT2D eigenvalue weighted by Crippen LogP contribution is -1.97. The van der Waals surface area contributed by atoms with Gasteiger partial charge in [-0.1, -0.05) is 60.7 Å². The van der Waals surface area contributed by atoms with Crippen molar-refractivity contribution in [2.24, 2.45) is 0 Å². The smallest absolute Gasteiger partial charge is 0.211 e. The minimum Gasteiger partial charge on any atom is -0.328 e. The van der Waals surface area contributed by atoms with E-state index in [2.05, 4.69) is 66.8 Å². The van der Waals surface area contributed by atoms with Gasteiger partial charge in [-0.2, -0.15) is 0 Å². The van der Waals surface area contributed by atoms with Crippen molar-refractivity contribution in [1.82, 2.24) is 0 Å². The van der Waals surface area contributed by atoms with E-state index in [-0.39, 0.29) is 0 Å². The van der Waals surface area contributed by atoms with Gasteiger partial charge in [0.25, 0.3) is 0 Å². The van der Waals surface area contributed by atoms with Gasteiger partial charge in [-0.05, 0) is 41.0 Å². The molecule has 0 saturated carbocycles. The summed E-state index contributed by atoms with van der Waals surface area (Å²) in [7, 11) is 0. The number of amides is 1. The summed E-state index contributed by atoms with van der Waals surface area (Å²) in [6.45, 7) is 2.19. The fourth-order valence-electron chi connectivity index (χ4n) is 4.05. The molecular formula is C24H17NOS. The van der Waals surface area contributed by atoms with Crippen molar-refractivity contribution in [2.75, 3.05) is 5.32 Å². The van der Waals surface area contributed by atoms with Crippen molar-refractivity contribution in [2.45, 2.75) is 6.92 Å². The Balaban J connectivity index is 2.01. The molecule has 4 aromatic carbocycles. The lowest BCUT2D eigenvalue weighted by atomic mass is 9.90. The normalized spacial score (nSPS) is 11.3. The second-order valence-corrected chi connectivity index (χ2v) is 7.71. The van der Waals surface area contributed by atoms with Gasteiger partial charge >= 0.3 is 0 Å². The van der Waals surface area contributed by atoms with E-state index in [1.807, 2.05) is 29.5 Å². The van der Waals surface area contributed by atoms with Crippen LogP contribution in [0.15, 0.2) is 72.8 Å². The second-order valence-electron chi connectivity index (χ2n) is 6.66. The van der Waals surface area contributed by atoms with E-state index in [0.717, 1.165) is 17.7 Å². The molecule has 0 aliphatic heterocycles. The number of nitrogens with one attached hydrogen (secondary N) is 1. The number of aryl methyl sites for hydroxylation is 1. The number of anilines is 1. The van der Waals surface area contributed by atoms with Crippen LogP contribution in [-0.2, 0) is 4.79 Å². The van der Waals surface area contributed by atoms with Crippen molar-refractivity contribution >= 4 is 54.4 Å². The highest BCUT2D eigenvalue weighted by Crippen LogP contribution is 2.46. The Labute approximate surface area is 161 Å². The second kappa shape index (κ2) is 6.22. The predicted molar refractivity (Wildman–Crippen MR) is 117 cm³/mol. The summed E-state index contributed by atoms with van der Waals surface area (Å²) < 4.78 is 2.61. The third kappa shape index (κ3) is 2.36. The summed E-state index contributed by atoms with van der Waals surface area (Å²) in [5, 5.41) is 7.97. The number of carbonyl (C=O) groups excluding carboxylic acids is 1.